The third kappa shape index (κ3) is 3.62. The van der Waals surface area contributed by atoms with Crippen LogP contribution in [0.15, 0.2) is 0 Å². The normalized spacial score (nSPS) is 36.1. The Kier molecular flexibility index (Phi) is 4.99. The summed E-state index contributed by atoms with van der Waals surface area (Å²) in [5.74, 6) is -2.42. The van der Waals surface area contributed by atoms with Crippen molar-refractivity contribution >= 4 is 11.9 Å². The first-order valence-electron chi connectivity index (χ1n) is 5.08. The van der Waals surface area contributed by atoms with Crippen LogP contribution in [-0.2, 0) is 19.1 Å². The summed E-state index contributed by atoms with van der Waals surface area (Å²) in [6.45, 7) is -0.547. The number of carbonyl (C=O) groups is 2. The monoisotopic (exact) mass is 266 g/mol. The second-order valence-corrected chi connectivity index (χ2v) is 3.79. The molecule has 0 aliphatic carbocycles. The fourth-order valence-electron chi connectivity index (χ4n) is 1.42. The molecule has 0 spiro atoms. The molecule has 5 atom stereocenters. The molecule has 0 amide bonds. The first-order valence-corrected chi connectivity index (χ1v) is 5.08. The maximum Gasteiger partial charge on any atom is 0.317 e. The van der Waals surface area contributed by atoms with Crippen LogP contribution >= 0.6 is 0 Å². The van der Waals surface area contributed by atoms with E-state index in [9.17, 15) is 19.8 Å². The molecule has 0 bridgehead atoms. The smallest absolute Gasteiger partial charge is 0.317 e. The van der Waals surface area contributed by atoms with E-state index < -0.39 is 55.7 Å². The summed E-state index contributed by atoms with van der Waals surface area (Å²) in [5.41, 5.74) is 0. The molecule has 1 saturated heterocycles. The minimum atomic E-state index is -1.73. The molecule has 1 aliphatic rings. The average Bonchev–Trinajstić information content (AvgIpc) is 2.28. The number of aliphatic hydroxyl groups excluding tert-OH is 4. The van der Waals surface area contributed by atoms with Crippen molar-refractivity contribution in [3.63, 3.8) is 0 Å². The van der Waals surface area contributed by atoms with E-state index >= 15 is 0 Å². The zero-order valence-corrected chi connectivity index (χ0v) is 9.17. The second-order valence-electron chi connectivity index (χ2n) is 3.79. The number of rotatable bonds is 4. The summed E-state index contributed by atoms with van der Waals surface area (Å²) >= 11 is 0. The Labute approximate surface area is 101 Å². The highest BCUT2D eigenvalue weighted by atomic mass is 16.6. The van der Waals surface area contributed by atoms with Crippen LogP contribution < -0.4 is 0 Å². The fourth-order valence-corrected chi connectivity index (χ4v) is 1.42. The Bertz CT molecular complexity index is 317. The first kappa shape index (κ1) is 14.8. The van der Waals surface area contributed by atoms with E-state index in [4.69, 9.17) is 20.1 Å². The van der Waals surface area contributed by atoms with Gasteiger partial charge >= 0.3 is 11.9 Å². The highest BCUT2D eigenvalue weighted by Crippen LogP contribution is 2.20. The number of aliphatic hydroxyl groups is 4. The summed E-state index contributed by atoms with van der Waals surface area (Å²) in [6.07, 6.45) is -8.73. The number of hydrogen-bond donors (Lipinski definition) is 5. The van der Waals surface area contributed by atoms with Crippen molar-refractivity contribution in [2.75, 3.05) is 6.61 Å². The molecule has 0 aromatic carbocycles. The van der Waals surface area contributed by atoms with Crippen LogP contribution in [0.25, 0.3) is 0 Å². The van der Waals surface area contributed by atoms with Crippen LogP contribution in [0, 0.1) is 0 Å². The Balaban J connectivity index is 2.47. The van der Waals surface area contributed by atoms with Crippen molar-refractivity contribution in [1.82, 2.24) is 0 Å². The van der Waals surface area contributed by atoms with Crippen LogP contribution in [0.1, 0.15) is 6.42 Å². The molecule has 9 nitrogen and oxygen atoms in total. The Morgan fingerprint density at radius 1 is 1.06 bits per heavy atom. The Hall–Kier alpha value is -1.26. The summed E-state index contributed by atoms with van der Waals surface area (Å²) in [7, 11) is 0. The molecule has 5 N–H and O–H groups in total. The quantitative estimate of drug-likeness (QED) is 0.261. The van der Waals surface area contributed by atoms with Gasteiger partial charge in [0.25, 0.3) is 0 Å². The van der Waals surface area contributed by atoms with E-state index in [-0.39, 0.29) is 0 Å². The molecule has 0 aromatic rings. The van der Waals surface area contributed by atoms with Crippen LogP contribution in [0.3, 0.4) is 0 Å². The third-order valence-corrected chi connectivity index (χ3v) is 2.39. The van der Waals surface area contributed by atoms with Crippen molar-refractivity contribution in [3.8, 4) is 0 Å². The summed E-state index contributed by atoms with van der Waals surface area (Å²) in [6, 6.07) is 0. The molecule has 0 aromatic heterocycles. The predicted molar refractivity (Wildman–Crippen MR) is 52.1 cm³/mol. The average molecular weight is 266 g/mol. The first-order chi connectivity index (χ1) is 8.32. The number of carboxylic acids is 1. The predicted octanol–water partition coefficient (Wildman–Crippen LogP) is -3.20. The van der Waals surface area contributed by atoms with Gasteiger partial charge in [-0.1, -0.05) is 0 Å². The third-order valence-electron chi connectivity index (χ3n) is 2.39. The molecule has 1 aliphatic heterocycles. The van der Waals surface area contributed by atoms with Gasteiger partial charge in [-0.15, -0.1) is 0 Å². The van der Waals surface area contributed by atoms with Gasteiger partial charge in [0.05, 0.1) is 0 Å². The second kappa shape index (κ2) is 6.07. The van der Waals surface area contributed by atoms with E-state index in [1.165, 1.54) is 0 Å². The van der Waals surface area contributed by atoms with Crippen LogP contribution in [0.5, 0.6) is 0 Å². The SMILES string of the molecule is O=C(O)CC(=O)OC[C@H]1O[C@@H](O)[C@H](O)[C@@H](O)[C@@H]1O. The standard InChI is InChI=1S/C9H14O9/c10-4(11)1-5(12)17-2-3-6(13)7(14)8(15)9(16)18-3/h3,6-9,13-16H,1-2H2,(H,10,11)/t3-,6-,7+,8-,9-/m1/s1. The van der Waals surface area contributed by atoms with Crippen molar-refractivity contribution in [3.05, 3.63) is 0 Å². The fraction of sp³-hybridized carbons (Fsp3) is 0.778. The largest absolute Gasteiger partial charge is 0.481 e. The lowest BCUT2D eigenvalue weighted by molar-refractivity contribution is -0.287. The number of esters is 1. The molecule has 0 unspecified atom stereocenters. The number of carboxylic acid groups (broad SMARTS) is 1. The zero-order valence-electron chi connectivity index (χ0n) is 9.17. The van der Waals surface area contributed by atoms with Gasteiger partial charge in [-0.2, -0.15) is 0 Å². The summed E-state index contributed by atoms with van der Waals surface area (Å²) in [4.78, 5) is 21.1. The lowest BCUT2D eigenvalue weighted by atomic mass is 9.99. The number of hydrogen-bond acceptors (Lipinski definition) is 8. The zero-order chi connectivity index (χ0) is 13.9. The lowest BCUT2D eigenvalue weighted by Gasteiger charge is -2.37. The molecule has 0 radical (unpaired) electrons. The molecular formula is C9H14O9. The molecule has 1 rings (SSSR count). The number of carbonyl (C=O) groups excluding carboxylic acids is 1. The number of ether oxygens (including phenoxy) is 2. The van der Waals surface area contributed by atoms with Crippen molar-refractivity contribution in [1.29, 1.82) is 0 Å². The molecule has 1 heterocycles. The molecule has 18 heavy (non-hydrogen) atoms. The van der Waals surface area contributed by atoms with E-state index in [0.717, 1.165) is 0 Å². The van der Waals surface area contributed by atoms with Gasteiger partial charge in [-0.25, -0.2) is 0 Å². The van der Waals surface area contributed by atoms with Gasteiger partial charge in [0, 0.05) is 0 Å². The van der Waals surface area contributed by atoms with Gasteiger partial charge in [-0.05, 0) is 0 Å². The summed E-state index contributed by atoms with van der Waals surface area (Å²) < 4.78 is 9.19. The molecule has 9 heteroatoms. The van der Waals surface area contributed by atoms with Gasteiger partial charge in [0.2, 0.25) is 0 Å². The highest BCUT2D eigenvalue weighted by molar-refractivity contribution is 5.90. The summed E-state index contributed by atoms with van der Waals surface area (Å²) in [5, 5.41) is 45.4. The molecular weight excluding hydrogens is 252 g/mol. The van der Waals surface area contributed by atoms with Crippen LogP contribution in [-0.4, -0.2) is 74.8 Å². The highest BCUT2D eigenvalue weighted by Gasteiger charge is 2.43. The Morgan fingerprint density at radius 2 is 1.67 bits per heavy atom. The topological polar surface area (TPSA) is 154 Å². The van der Waals surface area contributed by atoms with Crippen LogP contribution in [0.4, 0.5) is 0 Å². The maximum atomic E-state index is 10.9. The van der Waals surface area contributed by atoms with Crippen LogP contribution in [0.2, 0.25) is 0 Å². The van der Waals surface area contributed by atoms with Gasteiger partial charge in [0.1, 0.15) is 37.4 Å². The van der Waals surface area contributed by atoms with Crippen molar-refractivity contribution < 1.29 is 44.6 Å². The Morgan fingerprint density at radius 3 is 2.22 bits per heavy atom. The van der Waals surface area contributed by atoms with E-state index in [2.05, 4.69) is 4.74 Å². The number of aliphatic carboxylic acids is 1. The minimum absolute atomic E-state index is 0.547. The lowest BCUT2D eigenvalue weighted by Crippen LogP contribution is -2.58. The van der Waals surface area contributed by atoms with E-state index in [1.54, 1.807) is 0 Å². The van der Waals surface area contributed by atoms with E-state index in [1.807, 2.05) is 0 Å². The molecule has 1 fully saturated rings. The van der Waals surface area contributed by atoms with Crippen molar-refractivity contribution in [2.45, 2.75) is 37.1 Å². The van der Waals surface area contributed by atoms with E-state index in [0.29, 0.717) is 0 Å². The maximum absolute atomic E-state index is 10.9. The van der Waals surface area contributed by atoms with Crippen molar-refractivity contribution in [2.24, 2.45) is 0 Å². The molecule has 0 saturated carbocycles. The van der Waals surface area contributed by atoms with Gasteiger partial charge < -0.3 is 35.0 Å². The molecule has 104 valence electrons. The van der Waals surface area contributed by atoms with Gasteiger partial charge in [-0.3, -0.25) is 9.59 Å². The van der Waals surface area contributed by atoms with Gasteiger partial charge in [0.15, 0.2) is 6.29 Å². The minimum Gasteiger partial charge on any atom is -0.481 e.